The van der Waals surface area contributed by atoms with Gasteiger partial charge >= 0.3 is 0 Å². The molecule has 0 spiro atoms. The average molecular weight is 446 g/mol. The Labute approximate surface area is 180 Å². The molecular formula is C21H23N3O4S2. The molecule has 0 bridgehead atoms. The Balaban J connectivity index is 1.75. The van der Waals surface area contributed by atoms with Gasteiger partial charge in [0.2, 0.25) is 10.0 Å². The van der Waals surface area contributed by atoms with Crippen LogP contribution >= 0.6 is 11.3 Å². The predicted molar refractivity (Wildman–Crippen MR) is 119 cm³/mol. The van der Waals surface area contributed by atoms with Gasteiger partial charge < -0.3 is 4.74 Å². The van der Waals surface area contributed by atoms with Gasteiger partial charge in [-0.25, -0.2) is 18.1 Å². The smallest absolute Gasteiger partial charge is 0.257 e. The number of hydrogen-bond donors (Lipinski definition) is 2. The molecule has 0 saturated heterocycles. The highest BCUT2D eigenvalue weighted by atomic mass is 32.2. The van der Waals surface area contributed by atoms with Gasteiger partial charge in [0.15, 0.2) is 5.13 Å². The van der Waals surface area contributed by atoms with Crippen LogP contribution in [0.1, 0.15) is 29.1 Å². The molecule has 7 nitrogen and oxygen atoms in total. The quantitative estimate of drug-likeness (QED) is 0.571. The van der Waals surface area contributed by atoms with E-state index < -0.39 is 10.0 Å². The number of carbonyl (C=O) groups is 1. The lowest BCUT2D eigenvalue weighted by atomic mass is 10.1. The third kappa shape index (κ3) is 5.05. The van der Waals surface area contributed by atoms with Gasteiger partial charge in [-0.3, -0.25) is 10.1 Å². The van der Waals surface area contributed by atoms with E-state index in [0.717, 1.165) is 21.9 Å². The number of aryl methyl sites for hydroxylation is 1. The molecule has 0 aliphatic heterocycles. The third-order valence-electron chi connectivity index (χ3n) is 4.20. The number of methoxy groups -OCH3 is 1. The standard InChI is InChI=1S/C21H23N3O4S2/c1-13(2)24-30(26,27)18-11-7-16(8-12-18)20(25)23-21-22-19(14(3)29-21)15-5-9-17(28-4)10-6-15/h5-13,24H,1-4H3,(H,22,23,25). The summed E-state index contributed by atoms with van der Waals surface area (Å²) in [5.41, 5.74) is 2.06. The lowest BCUT2D eigenvalue weighted by molar-refractivity contribution is 0.102. The fraction of sp³-hybridized carbons (Fsp3) is 0.238. The number of amides is 1. The number of benzene rings is 2. The maximum atomic E-state index is 12.6. The zero-order chi connectivity index (χ0) is 21.9. The van der Waals surface area contributed by atoms with Crippen molar-refractivity contribution in [3.8, 4) is 17.0 Å². The van der Waals surface area contributed by atoms with E-state index in [2.05, 4.69) is 15.0 Å². The van der Waals surface area contributed by atoms with Crippen LogP contribution in [0.2, 0.25) is 0 Å². The van der Waals surface area contributed by atoms with E-state index in [1.54, 1.807) is 21.0 Å². The van der Waals surface area contributed by atoms with Crippen molar-refractivity contribution in [2.75, 3.05) is 12.4 Å². The first kappa shape index (κ1) is 21.9. The summed E-state index contributed by atoms with van der Waals surface area (Å²) in [5.74, 6) is 0.403. The van der Waals surface area contributed by atoms with Gasteiger partial charge in [0.05, 0.1) is 17.7 Å². The molecule has 0 radical (unpaired) electrons. The Hall–Kier alpha value is -2.75. The Kier molecular flexibility index (Phi) is 6.55. The Morgan fingerprint density at radius 3 is 2.27 bits per heavy atom. The van der Waals surface area contributed by atoms with E-state index in [-0.39, 0.29) is 16.8 Å². The third-order valence-corrected chi connectivity index (χ3v) is 6.76. The van der Waals surface area contributed by atoms with Crippen LogP contribution in [-0.2, 0) is 10.0 Å². The average Bonchev–Trinajstić information content (AvgIpc) is 3.07. The number of hydrogen-bond acceptors (Lipinski definition) is 6. The fourth-order valence-corrected chi connectivity index (χ4v) is 4.88. The summed E-state index contributed by atoms with van der Waals surface area (Å²) in [6, 6.07) is 13.1. The van der Waals surface area contributed by atoms with Gasteiger partial charge in [-0.2, -0.15) is 0 Å². The van der Waals surface area contributed by atoms with Crippen LogP contribution in [0.4, 0.5) is 5.13 Å². The molecule has 3 aromatic rings. The summed E-state index contributed by atoms with van der Waals surface area (Å²) in [4.78, 5) is 18.2. The lowest BCUT2D eigenvalue weighted by Gasteiger charge is -2.10. The van der Waals surface area contributed by atoms with Crippen LogP contribution in [0, 0.1) is 6.92 Å². The summed E-state index contributed by atoms with van der Waals surface area (Å²) in [6.45, 7) is 5.43. The van der Waals surface area contributed by atoms with Gasteiger partial charge in [-0.15, -0.1) is 11.3 Å². The van der Waals surface area contributed by atoms with E-state index >= 15 is 0 Å². The number of anilines is 1. The molecule has 158 valence electrons. The molecule has 1 heterocycles. The zero-order valence-electron chi connectivity index (χ0n) is 17.1. The summed E-state index contributed by atoms with van der Waals surface area (Å²) < 4.78 is 32.1. The molecule has 2 aromatic carbocycles. The molecule has 0 unspecified atom stereocenters. The number of thiazole rings is 1. The summed E-state index contributed by atoms with van der Waals surface area (Å²) in [7, 11) is -1.99. The van der Waals surface area contributed by atoms with Crippen LogP contribution in [0.3, 0.4) is 0 Å². The van der Waals surface area contributed by atoms with Crippen LogP contribution in [0.5, 0.6) is 5.75 Å². The number of ether oxygens (including phenoxy) is 1. The molecule has 0 saturated carbocycles. The van der Waals surface area contributed by atoms with Crippen LogP contribution in [-0.4, -0.2) is 32.5 Å². The second-order valence-electron chi connectivity index (χ2n) is 6.91. The summed E-state index contributed by atoms with van der Waals surface area (Å²) in [6.07, 6.45) is 0. The number of aromatic nitrogens is 1. The number of rotatable bonds is 7. The van der Waals surface area contributed by atoms with Gasteiger partial charge in [0, 0.05) is 22.0 Å². The normalized spacial score (nSPS) is 11.5. The number of carbonyl (C=O) groups excluding carboxylic acids is 1. The molecule has 0 aliphatic rings. The van der Waals surface area contributed by atoms with Crippen molar-refractivity contribution in [1.29, 1.82) is 0 Å². The van der Waals surface area contributed by atoms with Gasteiger partial charge in [-0.1, -0.05) is 0 Å². The molecule has 0 fully saturated rings. The van der Waals surface area contributed by atoms with E-state index in [9.17, 15) is 13.2 Å². The molecule has 2 N–H and O–H groups in total. The van der Waals surface area contributed by atoms with Crippen molar-refractivity contribution in [2.45, 2.75) is 31.7 Å². The van der Waals surface area contributed by atoms with Gasteiger partial charge in [0.25, 0.3) is 5.91 Å². The first-order valence-corrected chi connectivity index (χ1v) is 11.5. The SMILES string of the molecule is COc1ccc(-c2nc(NC(=O)c3ccc(S(=O)(=O)NC(C)C)cc3)sc2C)cc1. The predicted octanol–water partition coefficient (Wildman–Crippen LogP) is 4.07. The molecule has 0 atom stereocenters. The first-order chi connectivity index (χ1) is 14.2. The summed E-state index contributed by atoms with van der Waals surface area (Å²) in [5, 5.41) is 3.25. The molecule has 9 heteroatoms. The molecule has 0 aliphatic carbocycles. The van der Waals surface area contributed by atoms with Gasteiger partial charge in [0.1, 0.15) is 5.75 Å². The zero-order valence-corrected chi connectivity index (χ0v) is 18.7. The number of nitrogens with zero attached hydrogens (tertiary/aromatic N) is 1. The maximum Gasteiger partial charge on any atom is 0.257 e. The number of nitrogens with one attached hydrogen (secondary N) is 2. The fourth-order valence-electron chi connectivity index (χ4n) is 2.80. The van der Waals surface area contributed by atoms with Crippen LogP contribution in [0.15, 0.2) is 53.4 Å². The van der Waals surface area contributed by atoms with E-state index in [4.69, 9.17) is 4.74 Å². The second kappa shape index (κ2) is 8.95. The molecule has 1 amide bonds. The van der Waals surface area contributed by atoms with Crippen molar-refractivity contribution in [3.05, 3.63) is 59.0 Å². The first-order valence-electron chi connectivity index (χ1n) is 9.25. The van der Waals surface area contributed by atoms with Crippen molar-refractivity contribution in [3.63, 3.8) is 0 Å². The van der Waals surface area contributed by atoms with E-state index in [1.165, 1.54) is 35.6 Å². The van der Waals surface area contributed by atoms with Crippen LogP contribution in [0.25, 0.3) is 11.3 Å². The largest absolute Gasteiger partial charge is 0.497 e. The second-order valence-corrected chi connectivity index (χ2v) is 9.82. The Bertz CT molecular complexity index is 1140. The maximum absolute atomic E-state index is 12.6. The highest BCUT2D eigenvalue weighted by Crippen LogP contribution is 2.31. The highest BCUT2D eigenvalue weighted by molar-refractivity contribution is 7.89. The van der Waals surface area contributed by atoms with Crippen molar-refractivity contribution >= 4 is 32.4 Å². The van der Waals surface area contributed by atoms with E-state index in [0.29, 0.717) is 10.7 Å². The highest BCUT2D eigenvalue weighted by Gasteiger charge is 2.17. The lowest BCUT2D eigenvalue weighted by Crippen LogP contribution is -2.30. The van der Waals surface area contributed by atoms with Crippen molar-refractivity contribution in [1.82, 2.24) is 9.71 Å². The monoisotopic (exact) mass is 445 g/mol. The minimum absolute atomic E-state index is 0.111. The Morgan fingerprint density at radius 1 is 1.07 bits per heavy atom. The van der Waals surface area contributed by atoms with Crippen molar-refractivity contribution in [2.24, 2.45) is 0 Å². The topological polar surface area (TPSA) is 97.4 Å². The summed E-state index contributed by atoms with van der Waals surface area (Å²) >= 11 is 1.38. The number of sulfonamides is 1. The van der Waals surface area contributed by atoms with Crippen molar-refractivity contribution < 1.29 is 17.9 Å². The molecule has 30 heavy (non-hydrogen) atoms. The molecule has 3 rings (SSSR count). The molecular weight excluding hydrogens is 422 g/mol. The van der Waals surface area contributed by atoms with Crippen LogP contribution < -0.4 is 14.8 Å². The minimum atomic E-state index is -3.60. The Morgan fingerprint density at radius 2 is 1.70 bits per heavy atom. The molecule has 1 aromatic heterocycles. The van der Waals surface area contributed by atoms with Gasteiger partial charge in [-0.05, 0) is 69.3 Å². The minimum Gasteiger partial charge on any atom is -0.497 e. The van der Waals surface area contributed by atoms with E-state index in [1.807, 2.05) is 31.2 Å².